The van der Waals surface area contributed by atoms with Crippen LogP contribution in [0.25, 0.3) is 0 Å². The molecular formula is C13H17BrFNO. The molecule has 1 N–H and O–H groups in total. The minimum absolute atomic E-state index is 0.220. The van der Waals surface area contributed by atoms with E-state index in [2.05, 4.69) is 21.2 Å². The highest BCUT2D eigenvalue weighted by molar-refractivity contribution is 9.10. The first-order valence-electron chi connectivity index (χ1n) is 5.98. The zero-order valence-corrected chi connectivity index (χ0v) is 11.5. The highest BCUT2D eigenvalue weighted by atomic mass is 79.9. The molecule has 1 aliphatic rings. The number of ether oxygens (including phenoxy) is 1. The molecule has 4 heteroatoms. The highest BCUT2D eigenvalue weighted by Gasteiger charge is 2.14. The molecule has 0 aromatic heterocycles. The number of benzene rings is 1. The molecule has 1 heterocycles. The third-order valence-corrected chi connectivity index (χ3v) is 3.67. The van der Waals surface area contributed by atoms with Crippen LogP contribution < -0.4 is 5.32 Å². The van der Waals surface area contributed by atoms with Gasteiger partial charge in [0.1, 0.15) is 5.82 Å². The van der Waals surface area contributed by atoms with Crippen molar-refractivity contribution in [3.8, 4) is 0 Å². The van der Waals surface area contributed by atoms with Crippen molar-refractivity contribution in [3.63, 3.8) is 0 Å². The Balaban J connectivity index is 1.96. The normalized spacial score (nSPS) is 20.3. The minimum Gasteiger partial charge on any atom is -0.382 e. The SMILES string of the molecule is Cc1cc(F)c(Br)cc1NCC1CCCCO1. The van der Waals surface area contributed by atoms with Gasteiger partial charge < -0.3 is 10.1 Å². The molecule has 1 saturated heterocycles. The van der Waals surface area contributed by atoms with Gasteiger partial charge in [0.25, 0.3) is 0 Å². The van der Waals surface area contributed by atoms with Gasteiger partial charge in [-0.2, -0.15) is 0 Å². The zero-order valence-electron chi connectivity index (χ0n) is 9.93. The fraction of sp³-hybridized carbons (Fsp3) is 0.538. The molecule has 1 aromatic carbocycles. The van der Waals surface area contributed by atoms with Gasteiger partial charge in [0, 0.05) is 18.8 Å². The van der Waals surface area contributed by atoms with Gasteiger partial charge in [-0.1, -0.05) is 0 Å². The van der Waals surface area contributed by atoms with Gasteiger partial charge >= 0.3 is 0 Å². The van der Waals surface area contributed by atoms with E-state index in [1.54, 1.807) is 6.07 Å². The summed E-state index contributed by atoms with van der Waals surface area (Å²) < 4.78 is 19.4. The molecule has 1 fully saturated rings. The van der Waals surface area contributed by atoms with Crippen LogP contribution >= 0.6 is 15.9 Å². The lowest BCUT2D eigenvalue weighted by Gasteiger charge is -2.23. The Kier molecular flexibility index (Phi) is 4.40. The lowest BCUT2D eigenvalue weighted by molar-refractivity contribution is 0.0247. The standard InChI is InChI=1S/C13H17BrFNO/c1-9-6-12(15)11(14)7-13(9)16-8-10-4-2-3-5-17-10/h6-7,10,16H,2-5,8H2,1H3. The maximum atomic E-state index is 13.3. The van der Waals surface area contributed by atoms with Gasteiger partial charge in [0.05, 0.1) is 10.6 Å². The van der Waals surface area contributed by atoms with E-state index in [4.69, 9.17) is 4.74 Å². The van der Waals surface area contributed by atoms with Crippen molar-refractivity contribution in [1.29, 1.82) is 0 Å². The summed E-state index contributed by atoms with van der Waals surface area (Å²) in [7, 11) is 0. The number of rotatable bonds is 3. The summed E-state index contributed by atoms with van der Waals surface area (Å²) in [6.07, 6.45) is 3.79. The molecule has 1 unspecified atom stereocenters. The monoisotopic (exact) mass is 301 g/mol. The molecule has 0 spiro atoms. The maximum absolute atomic E-state index is 13.3. The maximum Gasteiger partial charge on any atom is 0.137 e. The first kappa shape index (κ1) is 12.8. The quantitative estimate of drug-likeness (QED) is 0.915. The van der Waals surface area contributed by atoms with Crippen molar-refractivity contribution < 1.29 is 9.13 Å². The van der Waals surface area contributed by atoms with E-state index < -0.39 is 0 Å². The van der Waals surface area contributed by atoms with Gasteiger partial charge in [0.2, 0.25) is 0 Å². The highest BCUT2D eigenvalue weighted by Crippen LogP contribution is 2.24. The summed E-state index contributed by atoms with van der Waals surface area (Å²) in [5, 5.41) is 3.33. The fourth-order valence-electron chi connectivity index (χ4n) is 2.03. The van der Waals surface area contributed by atoms with Crippen molar-refractivity contribution in [2.75, 3.05) is 18.5 Å². The lowest BCUT2D eigenvalue weighted by Crippen LogP contribution is -2.27. The van der Waals surface area contributed by atoms with Crippen molar-refractivity contribution in [2.45, 2.75) is 32.3 Å². The Morgan fingerprint density at radius 3 is 3.00 bits per heavy atom. The second kappa shape index (κ2) is 5.83. The van der Waals surface area contributed by atoms with E-state index in [-0.39, 0.29) is 11.9 Å². The van der Waals surface area contributed by atoms with Crippen molar-refractivity contribution >= 4 is 21.6 Å². The van der Waals surface area contributed by atoms with E-state index in [0.717, 1.165) is 37.2 Å². The van der Waals surface area contributed by atoms with Crippen LogP contribution in [0.3, 0.4) is 0 Å². The predicted octanol–water partition coefficient (Wildman–Crippen LogP) is 3.88. The van der Waals surface area contributed by atoms with Crippen molar-refractivity contribution in [2.24, 2.45) is 0 Å². The first-order valence-corrected chi connectivity index (χ1v) is 6.77. The Morgan fingerprint density at radius 2 is 2.29 bits per heavy atom. The van der Waals surface area contributed by atoms with Crippen LogP contribution in [-0.4, -0.2) is 19.3 Å². The van der Waals surface area contributed by atoms with Crippen LogP contribution in [0.1, 0.15) is 24.8 Å². The molecule has 0 saturated carbocycles. The number of nitrogens with one attached hydrogen (secondary N) is 1. The molecule has 0 amide bonds. The van der Waals surface area contributed by atoms with Gasteiger partial charge in [-0.3, -0.25) is 0 Å². The molecule has 17 heavy (non-hydrogen) atoms. The second-order valence-electron chi connectivity index (χ2n) is 4.45. The number of hydrogen-bond donors (Lipinski definition) is 1. The summed E-state index contributed by atoms with van der Waals surface area (Å²) in [6.45, 7) is 3.55. The lowest BCUT2D eigenvalue weighted by atomic mass is 10.1. The molecular weight excluding hydrogens is 285 g/mol. The average Bonchev–Trinajstić information content (AvgIpc) is 2.33. The van der Waals surface area contributed by atoms with Crippen LogP contribution in [0, 0.1) is 12.7 Å². The smallest absolute Gasteiger partial charge is 0.137 e. The predicted molar refractivity (Wildman–Crippen MR) is 70.9 cm³/mol. The van der Waals surface area contributed by atoms with Crippen LogP contribution in [-0.2, 0) is 4.74 Å². The summed E-state index contributed by atoms with van der Waals surface area (Å²) in [5.74, 6) is -0.220. The molecule has 0 radical (unpaired) electrons. The van der Waals surface area contributed by atoms with Gasteiger partial charge in [-0.15, -0.1) is 0 Å². The van der Waals surface area contributed by atoms with Crippen molar-refractivity contribution in [3.05, 3.63) is 28.0 Å². The third kappa shape index (κ3) is 3.42. The first-order chi connectivity index (χ1) is 8.16. The zero-order chi connectivity index (χ0) is 12.3. The van der Waals surface area contributed by atoms with Crippen LogP contribution in [0.2, 0.25) is 0 Å². The molecule has 2 nitrogen and oxygen atoms in total. The summed E-state index contributed by atoms with van der Waals surface area (Å²) >= 11 is 3.20. The molecule has 2 rings (SSSR count). The third-order valence-electron chi connectivity index (χ3n) is 3.06. The Morgan fingerprint density at radius 1 is 1.47 bits per heavy atom. The topological polar surface area (TPSA) is 21.3 Å². The Bertz CT molecular complexity index is 391. The van der Waals surface area contributed by atoms with E-state index in [0.29, 0.717) is 4.47 Å². The Hall–Kier alpha value is -0.610. The number of hydrogen-bond acceptors (Lipinski definition) is 2. The van der Waals surface area contributed by atoms with Gasteiger partial charge in [-0.05, 0) is 59.8 Å². The van der Waals surface area contributed by atoms with E-state index in [1.165, 1.54) is 12.5 Å². The molecule has 1 aromatic rings. The largest absolute Gasteiger partial charge is 0.382 e. The van der Waals surface area contributed by atoms with Crippen LogP contribution in [0.4, 0.5) is 10.1 Å². The molecule has 1 aliphatic heterocycles. The summed E-state index contributed by atoms with van der Waals surface area (Å²) in [6, 6.07) is 3.32. The van der Waals surface area contributed by atoms with Crippen molar-refractivity contribution in [1.82, 2.24) is 0 Å². The number of aryl methyl sites for hydroxylation is 1. The van der Waals surface area contributed by atoms with E-state index in [9.17, 15) is 4.39 Å². The second-order valence-corrected chi connectivity index (χ2v) is 5.31. The summed E-state index contributed by atoms with van der Waals surface area (Å²) in [4.78, 5) is 0. The van der Waals surface area contributed by atoms with Crippen LogP contribution in [0.15, 0.2) is 16.6 Å². The molecule has 94 valence electrons. The number of halogens is 2. The van der Waals surface area contributed by atoms with Crippen LogP contribution in [0.5, 0.6) is 0 Å². The minimum atomic E-state index is -0.220. The average molecular weight is 302 g/mol. The van der Waals surface area contributed by atoms with E-state index >= 15 is 0 Å². The number of anilines is 1. The Labute approximate surface area is 110 Å². The molecule has 0 aliphatic carbocycles. The van der Waals surface area contributed by atoms with E-state index in [1.807, 2.05) is 6.92 Å². The van der Waals surface area contributed by atoms with Gasteiger partial charge in [-0.25, -0.2) is 4.39 Å². The molecule has 1 atom stereocenters. The summed E-state index contributed by atoms with van der Waals surface area (Å²) in [5.41, 5.74) is 1.88. The fourth-order valence-corrected chi connectivity index (χ4v) is 2.37. The van der Waals surface area contributed by atoms with Gasteiger partial charge in [0.15, 0.2) is 0 Å². The molecule has 0 bridgehead atoms.